The summed E-state index contributed by atoms with van der Waals surface area (Å²) in [6.45, 7) is 8.71. The van der Waals surface area contributed by atoms with Crippen LogP contribution in [-0.4, -0.2) is 23.3 Å². The summed E-state index contributed by atoms with van der Waals surface area (Å²) in [4.78, 5) is 11.6. The van der Waals surface area contributed by atoms with Crippen molar-refractivity contribution in [3.05, 3.63) is 12.2 Å². The number of hydrogen-bond donors (Lipinski definition) is 0. The summed E-state index contributed by atoms with van der Waals surface area (Å²) in [5.41, 5.74) is -0.486. The summed E-state index contributed by atoms with van der Waals surface area (Å²) in [5.74, 6) is 0.456. The molecular formula is C18H30O3. The van der Waals surface area contributed by atoms with Crippen LogP contribution in [-0.2, 0) is 14.3 Å². The molecule has 2 aliphatic heterocycles. The van der Waals surface area contributed by atoms with Gasteiger partial charge in [-0.05, 0) is 38.0 Å². The van der Waals surface area contributed by atoms with E-state index in [4.69, 9.17) is 9.47 Å². The Bertz CT molecular complexity index is 403. The number of carbonyl (C=O) groups is 1. The van der Waals surface area contributed by atoms with Gasteiger partial charge in [-0.1, -0.05) is 39.8 Å². The molecule has 0 spiro atoms. The van der Waals surface area contributed by atoms with Crippen molar-refractivity contribution in [3.8, 4) is 0 Å². The molecule has 2 saturated heterocycles. The molecule has 3 heteroatoms. The molecule has 0 aromatic heterocycles. The van der Waals surface area contributed by atoms with Crippen LogP contribution in [0.1, 0.15) is 72.6 Å². The van der Waals surface area contributed by atoms with E-state index in [1.54, 1.807) is 0 Å². The van der Waals surface area contributed by atoms with Gasteiger partial charge in [-0.15, -0.1) is 0 Å². The molecule has 3 nitrogen and oxygen atoms in total. The molecule has 2 rings (SSSR count). The molecule has 0 aromatic carbocycles. The second kappa shape index (κ2) is 6.51. The van der Waals surface area contributed by atoms with E-state index in [1.807, 2.05) is 0 Å². The van der Waals surface area contributed by atoms with E-state index >= 15 is 0 Å². The standard InChI is InChI=1S/C18H30O3/c1-5-9-10-14(6-2)12-17(7-3)13-18(8-4)15(20-17)11-16(19)21-18/h9-10,14-15H,5-8,11-13H2,1-4H3/b10-9+/t14-,15+,17+,18+/m0/s1. The molecule has 120 valence electrons. The summed E-state index contributed by atoms with van der Waals surface area (Å²) in [6, 6.07) is 0. The van der Waals surface area contributed by atoms with Gasteiger partial charge in [0.25, 0.3) is 0 Å². The van der Waals surface area contributed by atoms with Crippen molar-refractivity contribution in [2.24, 2.45) is 5.92 Å². The van der Waals surface area contributed by atoms with E-state index in [2.05, 4.69) is 39.8 Å². The van der Waals surface area contributed by atoms with Crippen LogP contribution in [0.5, 0.6) is 0 Å². The maximum atomic E-state index is 11.6. The first kappa shape index (κ1) is 16.5. The topological polar surface area (TPSA) is 35.5 Å². The quantitative estimate of drug-likeness (QED) is 0.515. The zero-order chi connectivity index (χ0) is 15.5. The first-order valence-corrected chi connectivity index (χ1v) is 8.59. The summed E-state index contributed by atoms with van der Waals surface area (Å²) in [7, 11) is 0. The molecule has 4 atom stereocenters. The van der Waals surface area contributed by atoms with E-state index < -0.39 is 0 Å². The van der Waals surface area contributed by atoms with Crippen molar-refractivity contribution in [2.45, 2.75) is 89.9 Å². The lowest BCUT2D eigenvalue weighted by Crippen LogP contribution is -2.36. The Balaban J connectivity index is 2.13. The average molecular weight is 294 g/mol. The van der Waals surface area contributed by atoms with Crippen LogP contribution in [0.25, 0.3) is 0 Å². The van der Waals surface area contributed by atoms with Crippen molar-refractivity contribution in [1.82, 2.24) is 0 Å². The highest BCUT2D eigenvalue weighted by Crippen LogP contribution is 2.51. The Labute approximate surface area is 129 Å². The smallest absolute Gasteiger partial charge is 0.309 e. The second-order valence-corrected chi connectivity index (χ2v) is 6.63. The minimum absolute atomic E-state index is 0.0392. The monoisotopic (exact) mass is 294 g/mol. The van der Waals surface area contributed by atoms with Gasteiger partial charge in [0.2, 0.25) is 0 Å². The third-order valence-corrected chi connectivity index (χ3v) is 5.31. The van der Waals surface area contributed by atoms with Gasteiger partial charge in [0.1, 0.15) is 11.7 Å². The van der Waals surface area contributed by atoms with E-state index in [1.165, 1.54) is 0 Å². The second-order valence-electron chi connectivity index (χ2n) is 6.63. The third-order valence-electron chi connectivity index (χ3n) is 5.31. The van der Waals surface area contributed by atoms with Gasteiger partial charge in [0, 0.05) is 6.42 Å². The van der Waals surface area contributed by atoms with Crippen molar-refractivity contribution in [3.63, 3.8) is 0 Å². The molecule has 0 radical (unpaired) electrons. The fourth-order valence-corrected chi connectivity index (χ4v) is 3.91. The van der Waals surface area contributed by atoms with Crippen molar-refractivity contribution in [2.75, 3.05) is 0 Å². The number of fused-ring (bicyclic) bond motifs is 1. The summed E-state index contributed by atoms with van der Waals surface area (Å²) in [5, 5.41) is 0. The summed E-state index contributed by atoms with van der Waals surface area (Å²) < 4.78 is 12.1. The zero-order valence-electron chi connectivity index (χ0n) is 14.0. The molecule has 2 heterocycles. The summed E-state index contributed by atoms with van der Waals surface area (Å²) in [6.07, 6.45) is 10.9. The Kier molecular flexibility index (Phi) is 5.13. The van der Waals surface area contributed by atoms with Crippen molar-refractivity contribution < 1.29 is 14.3 Å². The van der Waals surface area contributed by atoms with Gasteiger partial charge >= 0.3 is 5.97 Å². The van der Waals surface area contributed by atoms with Crippen LogP contribution in [0, 0.1) is 5.92 Å². The van der Waals surface area contributed by atoms with E-state index in [0.29, 0.717) is 12.3 Å². The minimum Gasteiger partial charge on any atom is -0.456 e. The fourth-order valence-electron chi connectivity index (χ4n) is 3.91. The fraction of sp³-hybridized carbons (Fsp3) is 0.833. The Hall–Kier alpha value is -0.830. The van der Waals surface area contributed by atoms with Gasteiger partial charge < -0.3 is 9.47 Å². The number of hydrogen-bond acceptors (Lipinski definition) is 3. The predicted molar refractivity (Wildman–Crippen MR) is 84.1 cm³/mol. The van der Waals surface area contributed by atoms with Crippen LogP contribution in [0.4, 0.5) is 0 Å². The highest BCUT2D eigenvalue weighted by molar-refractivity contribution is 5.73. The van der Waals surface area contributed by atoms with Crippen LogP contribution in [0.15, 0.2) is 12.2 Å². The molecule has 0 bridgehead atoms. The SMILES string of the molecule is CC/C=C/[C@H](CC)C[C@]1(CC)C[C@@]2(CC)OC(=O)C[C@H]2O1. The van der Waals surface area contributed by atoms with Crippen LogP contribution < -0.4 is 0 Å². The molecule has 2 aliphatic rings. The largest absolute Gasteiger partial charge is 0.456 e. The van der Waals surface area contributed by atoms with Gasteiger partial charge in [-0.3, -0.25) is 4.79 Å². The molecule has 21 heavy (non-hydrogen) atoms. The van der Waals surface area contributed by atoms with E-state index in [0.717, 1.165) is 38.5 Å². The zero-order valence-corrected chi connectivity index (χ0v) is 14.0. The number of allylic oxidation sites excluding steroid dienone is 2. The third kappa shape index (κ3) is 3.18. The summed E-state index contributed by atoms with van der Waals surface area (Å²) >= 11 is 0. The maximum Gasteiger partial charge on any atom is 0.309 e. The van der Waals surface area contributed by atoms with Crippen molar-refractivity contribution in [1.29, 1.82) is 0 Å². The molecule has 0 amide bonds. The van der Waals surface area contributed by atoms with E-state index in [-0.39, 0.29) is 23.3 Å². The molecule has 0 aromatic rings. The molecule has 0 aliphatic carbocycles. The normalized spacial score (nSPS) is 37.0. The Morgan fingerprint density at radius 2 is 2.05 bits per heavy atom. The molecule has 2 fully saturated rings. The lowest BCUT2D eigenvalue weighted by atomic mass is 9.79. The first-order valence-electron chi connectivity index (χ1n) is 8.59. The highest BCUT2D eigenvalue weighted by atomic mass is 16.6. The molecule has 0 unspecified atom stereocenters. The molecule has 0 N–H and O–H groups in total. The number of rotatable bonds is 7. The van der Waals surface area contributed by atoms with Gasteiger partial charge in [0.15, 0.2) is 0 Å². The number of ether oxygens (including phenoxy) is 2. The van der Waals surface area contributed by atoms with Crippen LogP contribution in [0.3, 0.4) is 0 Å². The van der Waals surface area contributed by atoms with Crippen LogP contribution >= 0.6 is 0 Å². The van der Waals surface area contributed by atoms with Gasteiger partial charge in [-0.25, -0.2) is 0 Å². The molecule has 0 saturated carbocycles. The van der Waals surface area contributed by atoms with Gasteiger partial charge in [-0.2, -0.15) is 0 Å². The molecular weight excluding hydrogens is 264 g/mol. The lowest BCUT2D eigenvalue weighted by molar-refractivity contribution is -0.149. The lowest BCUT2D eigenvalue weighted by Gasteiger charge is -2.32. The minimum atomic E-state index is -0.361. The maximum absolute atomic E-state index is 11.6. The number of esters is 1. The van der Waals surface area contributed by atoms with E-state index in [9.17, 15) is 4.79 Å². The highest BCUT2D eigenvalue weighted by Gasteiger charge is 2.60. The average Bonchev–Trinajstić information content (AvgIpc) is 2.93. The first-order chi connectivity index (χ1) is 10.0. The van der Waals surface area contributed by atoms with Gasteiger partial charge in [0.05, 0.1) is 12.0 Å². The van der Waals surface area contributed by atoms with Crippen LogP contribution in [0.2, 0.25) is 0 Å². The number of carbonyl (C=O) groups excluding carboxylic acids is 1. The Morgan fingerprint density at radius 1 is 1.29 bits per heavy atom. The Morgan fingerprint density at radius 3 is 2.57 bits per heavy atom. The van der Waals surface area contributed by atoms with Crippen molar-refractivity contribution >= 4 is 5.97 Å². The predicted octanol–water partition coefficient (Wildman–Crippen LogP) is 4.40.